The molecule has 7 heteroatoms. The van der Waals surface area contributed by atoms with Gasteiger partial charge < -0.3 is 0 Å². The molecule has 1 aliphatic rings. The Bertz CT molecular complexity index is 1280. The molecule has 0 saturated carbocycles. The summed E-state index contributed by atoms with van der Waals surface area (Å²) in [6, 6.07) is 23.8. The summed E-state index contributed by atoms with van der Waals surface area (Å²) in [5, 5.41) is 9.95. The molecule has 34 heavy (non-hydrogen) atoms. The molecule has 1 unspecified atom stereocenters. The molecule has 0 aliphatic carbocycles. The molecule has 174 valence electrons. The van der Waals surface area contributed by atoms with Crippen LogP contribution in [-0.2, 0) is 0 Å². The standard InChI is InChI=1S/C27H23FIN3S.BrH/c1-17(2)18-3-5-21(6-4-18)26-15-24(19-7-11-22(28)12-8-19)31-32(26)27-30-25(16-33-27)20-9-13-23(29)14-10-20;/h3-14,16-17,26H,15H2,1-2H3;1H. The molecular formula is C27H24BrFIN3S. The van der Waals surface area contributed by atoms with Crippen LogP contribution >= 0.6 is 50.9 Å². The van der Waals surface area contributed by atoms with Crippen molar-refractivity contribution in [2.24, 2.45) is 5.10 Å². The number of rotatable bonds is 5. The minimum Gasteiger partial charge on any atom is -0.231 e. The summed E-state index contributed by atoms with van der Waals surface area (Å²) in [5.41, 5.74) is 6.45. The fourth-order valence-corrected chi connectivity index (χ4v) is 5.18. The molecule has 0 radical (unpaired) electrons. The van der Waals surface area contributed by atoms with E-state index in [2.05, 4.69) is 90.3 Å². The van der Waals surface area contributed by atoms with Crippen LogP contribution in [0.4, 0.5) is 9.52 Å². The van der Waals surface area contributed by atoms with Gasteiger partial charge in [0, 0.05) is 20.9 Å². The van der Waals surface area contributed by atoms with Crippen LogP contribution in [0.3, 0.4) is 0 Å². The van der Waals surface area contributed by atoms with Gasteiger partial charge in [0.05, 0.1) is 17.4 Å². The largest absolute Gasteiger partial charge is 0.231 e. The second kappa shape index (κ2) is 10.7. The molecule has 3 nitrogen and oxygen atoms in total. The van der Waals surface area contributed by atoms with Crippen LogP contribution < -0.4 is 5.01 Å². The topological polar surface area (TPSA) is 28.5 Å². The lowest BCUT2D eigenvalue weighted by Gasteiger charge is -2.21. The van der Waals surface area contributed by atoms with Crippen LogP contribution in [0.5, 0.6) is 0 Å². The van der Waals surface area contributed by atoms with Crippen molar-refractivity contribution in [1.29, 1.82) is 0 Å². The summed E-state index contributed by atoms with van der Waals surface area (Å²) in [7, 11) is 0. The molecule has 1 aromatic heterocycles. The Labute approximate surface area is 227 Å². The number of anilines is 1. The third-order valence-corrected chi connectivity index (χ3v) is 7.45. The maximum atomic E-state index is 13.5. The van der Waals surface area contributed by atoms with Crippen LogP contribution in [0, 0.1) is 9.39 Å². The zero-order valence-corrected chi connectivity index (χ0v) is 23.5. The highest BCUT2D eigenvalue weighted by Crippen LogP contribution is 2.39. The van der Waals surface area contributed by atoms with Gasteiger partial charge in [0.2, 0.25) is 5.13 Å². The first-order chi connectivity index (χ1) is 16.0. The van der Waals surface area contributed by atoms with Gasteiger partial charge in [-0.05, 0) is 69.5 Å². The average Bonchev–Trinajstić information content (AvgIpc) is 3.48. The smallest absolute Gasteiger partial charge is 0.207 e. The van der Waals surface area contributed by atoms with Crippen molar-refractivity contribution in [3.8, 4) is 11.3 Å². The van der Waals surface area contributed by atoms with Crippen LogP contribution in [0.25, 0.3) is 11.3 Å². The second-order valence-corrected chi connectivity index (χ2v) is 10.5. The number of halogens is 3. The number of benzene rings is 3. The third-order valence-electron chi connectivity index (χ3n) is 5.90. The zero-order valence-electron chi connectivity index (χ0n) is 18.8. The SMILES string of the molecule is Br.CC(C)c1ccc(C2CC(c3ccc(F)cc3)=NN2c2nc(-c3ccc(I)cc3)cs2)cc1. The summed E-state index contributed by atoms with van der Waals surface area (Å²) in [4.78, 5) is 4.93. The lowest BCUT2D eigenvalue weighted by Crippen LogP contribution is -2.18. The molecule has 3 aromatic carbocycles. The number of aromatic nitrogens is 1. The van der Waals surface area contributed by atoms with Crippen LogP contribution in [0.1, 0.15) is 48.9 Å². The Morgan fingerprint density at radius 3 is 2.24 bits per heavy atom. The molecule has 0 N–H and O–H groups in total. The van der Waals surface area contributed by atoms with Gasteiger partial charge in [0.15, 0.2) is 0 Å². The summed E-state index contributed by atoms with van der Waals surface area (Å²) < 4.78 is 14.7. The van der Waals surface area contributed by atoms with Crippen molar-refractivity contribution >= 4 is 61.8 Å². The lowest BCUT2D eigenvalue weighted by molar-refractivity contribution is 0.627. The molecule has 1 aliphatic heterocycles. The van der Waals surface area contributed by atoms with Gasteiger partial charge >= 0.3 is 0 Å². The summed E-state index contributed by atoms with van der Waals surface area (Å²) >= 11 is 3.91. The first-order valence-electron chi connectivity index (χ1n) is 10.9. The zero-order chi connectivity index (χ0) is 22.9. The van der Waals surface area contributed by atoms with Crippen LogP contribution in [0.15, 0.2) is 83.3 Å². The number of hydrogen-bond donors (Lipinski definition) is 0. The fourth-order valence-electron chi connectivity index (χ4n) is 3.99. The van der Waals surface area contributed by atoms with E-state index in [-0.39, 0.29) is 28.8 Å². The van der Waals surface area contributed by atoms with Crippen molar-refractivity contribution in [3.63, 3.8) is 0 Å². The minimum absolute atomic E-state index is 0. The molecular weight excluding hydrogens is 624 g/mol. The van der Waals surface area contributed by atoms with Crippen LogP contribution in [-0.4, -0.2) is 10.7 Å². The van der Waals surface area contributed by atoms with E-state index >= 15 is 0 Å². The highest BCUT2D eigenvalue weighted by Gasteiger charge is 2.31. The summed E-state index contributed by atoms with van der Waals surface area (Å²) in [5.74, 6) is 0.248. The average molecular weight is 648 g/mol. The highest BCUT2D eigenvalue weighted by molar-refractivity contribution is 14.1. The minimum atomic E-state index is -0.239. The Morgan fingerprint density at radius 1 is 0.941 bits per heavy atom. The number of nitrogens with zero attached hydrogens (tertiary/aromatic N) is 3. The third kappa shape index (κ3) is 5.26. The van der Waals surface area contributed by atoms with Gasteiger partial charge in [-0.3, -0.25) is 0 Å². The molecule has 2 heterocycles. The number of hydrogen-bond acceptors (Lipinski definition) is 4. The first kappa shape index (κ1) is 25.0. The van der Waals surface area contributed by atoms with E-state index in [1.54, 1.807) is 23.5 Å². The quantitative estimate of drug-likeness (QED) is 0.203. The molecule has 4 aromatic rings. The molecule has 0 bridgehead atoms. The van der Waals surface area contributed by atoms with Crippen molar-refractivity contribution in [1.82, 2.24) is 4.98 Å². The van der Waals surface area contributed by atoms with E-state index in [1.165, 1.54) is 26.8 Å². The fraction of sp³-hybridized carbons (Fsp3) is 0.185. The van der Waals surface area contributed by atoms with E-state index in [4.69, 9.17) is 10.1 Å². The molecule has 1 atom stereocenters. The van der Waals surface area contributed by atoms with Crippen molar-refractivity contribution in [2.75, 3.05) is 5.01 Å². The van der Waals surface area contributed by atoms with Crippen LogP contribution in [0.2, 0.25) is 0 Å². The first-order valence-corrected chi connectivity index (χ1v) is 12.9. The maximum absolute atomic E-state index is 13.5. The van der Waals surface area contributed by atoms with Crippen molar-refractivity contribution in [2.45, 2.75) is 32.2 Å². The number of thiazole rings is 1. The van der Waals surface area contributed by atoms with E-state index in [9.17, 15) is 4.39 Å². The summed E-state index contributed by atoms with van der Waals surface area (Å²) in [6.07, 6.45) is 0.741. The van der Waals surface area contributed by atoms with Gasteiger partial charge in [-0.2, -0.15) is 5.10 Å². The van der Waals surface area contributed by atoms with E-state index < -0.39 is 0 Å². The van der Waals surface area contributed by atoms with Gasteiger partial charge in [0.25, 0.3) is 0 Å². The Hall–Kier alpha value is -2.10. The molecule has 0 spiro atoms. The van der Waals surface area contributed by atoms with Gasteiger partial charge in [-0.25, -0.2) is 14.4 Å². The summed E-state index contributed by atoms with van der Waals surface area (Å²) in [6.45, 7) is 4.41. The van der Waals surface area contributed by atoms with Gasteiger partial charge in [0.1, 0.15) is 5.82 Å². The second-order valence-electron chi connectivity index (χ2n) is 8.46. The predicted molar refractivity (Wildman–Crippen MR) is 154 cm³/mol. The Balaban J connectivity index is 0.00000274. The Morgan fingerprint density at radius 2 is 1.59 bits per heavy atom. The van der Waals surface area contributed by atoms with Crippen molar-refractivity contribution < 1.29 is 4.39 Å². The lowest BCUT2D eigenvalue weighted by atomic mass is 9.95. The molecule has 5 rings (SSSR count). The Kier molecular flexibility index (Phi) is 7.84. The predicted octanol–water partition coefficient (Wildman–Crippen LogP) is 8.61. The normalized spacial score (nSPS) is 15.4. The molecule has 0 fully saturated rings. The molecule has 0 amide bonds. The van der Waals surface area contributed by atoms with E-state index in [0.717, 1.165) is 34.1 Å². The molecule has 0 saturated heterocycles. The monoisotopic (exact) mass is 647 g/mol. The van der Waals surface area contributed by atoms with Gasteiger partial charge in [-0.15, -0.1) is 28.3 Å². The van der Waals surface area contributed by atoms with Crippen molar-refractivity contribution in [3.05, 3.63) is 104 Å². The number of hydrazone groups is 1. The maximum Gasteiger partial charge on any atom is 0.207 e. The highest BCUT2D eigenvalue weighted by atomic mass is 127. The van der Waals surface area contributed by atoms with E-state index in [1.807, 2.05) is 5.01 Å². The van der Waals surface area contributed by atoms with Gasteiger partial charge in [-0.1, -0.05) is 62.4 Å². The van der Waals surface area contributed by atoms with E-state index in [0.29, 0.717) is 5.92 Å².